The molecule has 0 aliphatic heterocycles. The smallest absolute Gasteiger partial charge is 0.273 e. The Labute approximate surface area is 137 Å². The fourth-order valence-electron chi connectivity index (χ4n) is 2.19. The van der Waals surface area contributed by atoms with E-state index < -0.39 is 0 Å². The molecule has 0 radical (unpaired) electrons. The van der Waals surface area contributed by atoms with Gasteiger partial charge in [0.25, 0.3) is 5.91 Å². The molecule has 1 aromatic carbocycles. The number of nitrogens with one attached hydrogen (secondary N) is 1. The minimum atomic E-state index is -0.226. The highest BCUT2D eigenvalue weighted by atomic mass is 32.1. The number of oxazole rings is 1. The Morgan fingerprint density at radius 1 is 1.30 bits per heavy atom. The Morgan fingerprint density at radius 2 is 2.13 bits per heavy atom. The van der Waals surface area contributed by atoms with Crippen LogP contribution in [0.5, 0.6) is 5.75 Å². The molecule has 0 saturated heterocycles. The van der Waals surface area contributed by atoms with Crippen molar-refractivity contribution in [3.63, 3.8) is 0 Å². The third-order valence-corrected chi connectivity index (χ3v) is 4.25. The molecule has 0 saturated carbocycles. The highest BCUT2D eigenvalue weighted by molar-refractivity contribution is 7.13. The first kappa shape index (κ1) is 15.3. The molecule has 0 spiro atoms. The molecule has 6 heteroatoms. The fraction of sp³-hybridized carbons (Fsp3) is 0.176. The van der Waals surface area contributed by atoms with Crippen LogP contribution in [0.15, 0.2) is 52.6 Å². The minimum Gasteiger partial charge on any atom is -0.497 e. The van der Waals surface area contributed by atoms with Crippen molar-refractivity contribution >= 4 is 17.2 Å². The van der Waals surface area contributed by atoms with Crippen LogP contribution in [-0.2, 0) is 6.42 Å². The van der Waals surface area contributed by atoms with Crippen LogP contribution < -0.4 is 10.1 Å². The average molecular weight is 328 g/mol. The fourth-order valence-corrected chi connectivity index (χ4v) is 2.90. The van der Waals surface area contributed by atoms with Crippen LogP contribution in [0.25, 0.3) is 10.6 Å². The zero-order valence-corrected chi connectivity index (χ0v) is 13.4. The first-order valence-electron chi connectivity index (χ1n) is 7.16. The Hall–Kier alpha value is -2.60. The number of thiophene rings is 1. The maximum atomic E-state index is 12.3. The van der Waals surface area contributed by atoms with Gasteiger partial charge in [-0.05, 0) is 35.6 Å². The number of carbonyl (C=O) groups is 1. The molecule has 0 unspecified atom stereocenters. The molecule has 1 N–H and O–H groups in total. The number of methoxy groups -OCH3 is 1. The summed E-state index contributed by atoms with van der Waals surface area (Å²) >= 11 is 1.51. The van der Waals surface area contributed by atoms with Crippen LogP contribution in [0.4, 0.5) is 0 Å². The third-order valence-electron chi connectivity index (χ3n) is 3.39. The van der Waals surface area contributed by atoms with Gasteiger partial charge in [0, 0.05) is 6.54 Å². The molecule has 2 heterocycles. The normalized spacial score (nSPS) is 10.5. The molecular weight excluding hydrogens is 312 g/mol. The van der Waals surface area contributed by atoms with Crippen molar-refractivity contribution in [1.82, 2.24) is 10.3 Å². The number of benzene rings is 1. The molecule has 118 valence electrons. The van der Waals surface area contributed by atoms with Crippen LogP contribution in [0.3, 0.4) is 0 Å². The molecule has 1 amide bonds. The van der Waals surface area contributed by atoms with E-state index in [1.54, 1.807) is 7.11 Å². The number of aromatic nitrogens is 1. The van der Waals surface area contributed by atoms with Crippen molar-refractivity contribution in [3.8, 4) is 16.4 Å². The van der Waals surface area contributed by atoms with Crippen molar-refractivity contribution in [2.75, 3.05) is 13.7 Å². The van der Waals surface area contributed by atoms with E-state index >= 15 is 0 Å². The highest BCUT2D eigenvalue weighted by Gasteiger charge is 2.18. The maximum absolute atomic E-state index is 12.3. The summed E-state index contributed by atoms with van der Waals surface area (Å²) in [7, 11) is 1.64. The van der Waals surface area contributed by atoms with Gasteiger partial charge in [0.1, 0.15) is 5.75 Å². The lowest BCUT2D eigenvalue weighted by atomic mass is 10.1. The molecule has 3 aromatic rings. The summed E-state index contributed by atoms with van der Waals surface area (Å²) in [6, 6.07) is 11.6. The molecule has 0 fully saturated rings. The lowest BCUT2D eigenvalue weighted by Gasteiger charge is -2.05. The van der Waals surface area contributed by atoms with Crippen molar-refractivity contribution < 1.29 is 13.9 Å². The number of nitrogens with zero attached hydrogens (tertiary/aromatic N) is 1. The second-order valence-electron chi connectivity index (χ2n) is 4.86. The lowest BCUT2D eigenvalue weighted by molar-refractivity contribution is 0.0950. The van der Waals surface area contributed by atoms with E-state index in [1.165, 1.54) is 17.7 Å². The Morgan fingerprint density at radius 3 is 2.83 bits per heavy atom. The Balaban J connectivity index is 1.58. The SMILES string of the molecule is COc1ccc(CCNC(=O)c2ncoc2-c2cccs2)cc1. The largest absolute Gasteiger partial charge is 0.497 e. The number of hydrogen-bond acceptors (Lipinski definition) is 5. The first-order valence-corrected chi connectivity index (χ1v) is 8.04. The van der Waals surface area contributed by atoms with Gasteiger partial charge in [0.15, 0.2) is 17.8 Å². The van der Waals surface area contributed by atoms with E-state index in [9.17, 15) is 4.79 Å². The predicted molar refractivity (Wildman–Crippen MR) is 88.8 cm³/mol. The van der Waals surface area contributed by atoms with Gasteiger partial charge in [0.2, 0.25) is 0 Å². The Kier molecular flexibility index (Phi) is 4.73. The van der Waals surface area contributed by atoms with Gasteiger partial charge < -0.3 is 14.5 Å². The molecule has 3 rings (SSSR count). The predicted octanol–water partition coefficient (Wildman–Crippen LogP) is 3.38. The van der Waals surface area contributed by atoms with Gasteiger partial charge in [-0.1, -0.05) is 18.2 Å². The van der Waals surface area contributed by atoms with E-state index in [0.717, 1.165) is 22.6 Å². The van der Waals surface area contributed by atoms with E-state index in [1.807, 2.05) is 41.8 Å². The molecule has 0 bridgehead atoms. The third kappa shape index (κ3) is 3.60. The van der Waals surface area contributed by atoms with Crippen molar-refractivity contribution in [1.29, 1.82) is 0 Å². The van der Waals surface area contributed by atoms with Gasteiger partial charge in [-0.15, -0.1) is 11.3 Å². The first-order chi connectivity index (χ1) is 11.3. The van der Waals surface area contributed by atoms with Gasteiger partial charge >= 0.3 is 0 Å². The highest BCUT2D eigenvalue weighted by Crippen LogP contribution is 2.27. The molecule has 5 nitrogen and oxygen atoms in total. The van der Waals surface area contributed by atoms with E-state index in [-0.39, 0.29) is 5.91 Å². The quantitative estimate of drug-likeness (QED) is 0.753. The summed E-state index contributed by atoms with van der Waals surface area (Å²) in [4.78, 5) is 17.2. The second kappa shape index (κ2) is 7.11. The molecule has 23 heavy (non-hydrogen) atoms. The standard InChI is InChI=1S/C17H16N2O3S/c1-21-13-6-4-12(5-7-13)8-9-18-17(20)15-16(22-11-19-15)14-3-2-10-23-14/h2-7,10-11H,8-9H2,1H3,(H,18,20). The maximum Gasteiger partial charge on any atom is 0.273 e. The molecule has 0 aliphatic carbocycles. The summed E-state index contributed by atoms with van der Waals surface area (Å²) in [6.45, 7) is 0.530. The molecule has 2 aromatic heterocycles. The van der Waals surface area contributed by atoms with Crippen LogP contribution in [0, 0.1) is 0 Å². The van der Waals surface area contributed by atoms with Crippen LogP contribution in [-0.4, -0.2) is 24.5 Å². The summed E-state index contributed by atoms with van der Waals surface area (Å²) in [5, 5.41) is 4.81. The number of hydrogen-bond donors (Lipinski definition) is 1. The van der Waals surface area contributed by atoms with E-state index in [2.05, 4.69) is 10.3 Å². The zero-order valence-electron chi connectivity index (χ0n) is 12.6. The zero-order chi connectivity index (χ0) is 16.1. The van der Waals surface area contributed by atoms with Crippen molar-refractivity contribution in [2.24, 2.45) is 0 Å². The molecule has 0 aliphatic rings. The number of carbonyl (C=O) groups excluding carboxylic acids is 1. The minimum absolute atomic E-state index is 0.226. The van der Waals surface area contributed by atoms with Crippen LogP contribution >= 0.6 is 11.3 Å². The summed E-state index contributed by atoms with van der Waals surface area (Å²) in [5.74, 6) is 1.11. The van der Waals surface area contributed by atoms with Crippen LogP contribution in [0.2, 0.25) is 0 Å². The lowest BCUT2D eigenvalue weighted by Crippen LogP contribution is -2.26. The number of rotatable bonds is 6. The van der Waals surface area contributed by atoms with Crippen molar-refractivity contribution in [3.05, 3.63) is 59.4 Å². The summed E-state index contributed by atoms with van der Waals surface area (Å²) < 4.78 is 10.5. The topological polar surface area (TPSA) is 64.4 Å². The Bertz CT molecular complexity index is 764. The average Bonchev–Trinajstić information content (AvgIpc) is 3.26. The van der Waals surface area contributed by atoms with Gasteiger partial charge in [0.05, 0.1) is 12.0 Å². The van der Waals surface area contributed by atoms with Gasteiger partial charge in [-0.2, -0.15) is 0 Å². The second-order valence-corrected chi connectivity index (χ2v) is 5.81. The van der Waals surface area contributed by atoms with E-state index in [0.29, 0.717) is 18.0 Å². The van der Waals surface area contributed by atoms with Gasteiger partial charge in [-0.3, -0.25) is 4.79 Å². The molecule has 0 atom stereocenters. The van der Waals surface area contributed by atoms with E-state index in [4.69, 9.17) is 9.15 Å². The number of ether oxygens (including phenoxy) is 1. The van der Waals surface area contributed by atoms with Crippen molar-refractivity contribution in [2.45, 2.75) is 6.42 Å². The summed E-state index contributed by atoms with van der Waals surface area (Å²) in [5.41, 5.74) is 1.45. The summed E-state index contributed by atoms with van der Waals surface area (Å²) in [6.07, 6.45) is 2.04. The molecular formula is C17H16N2O3S. The monoisotopic (exact) mass is 328 g/mol. The number of amides is 1. The van der Waals surface area contributed by atoms with Crippen LogP contribution in [0.1, 0.15) is 16.1 Å². The van der Waals surface area contributed by atoms with Gasteiger partial charge in [-0.25, -0.2) is 4.98 Å².